The van der Waals surface area contributed by atoms with Crippen molar-refractivity contribution in [2.24, 2.45) is 0 Å². The molecule has 0 fully saturated rings. The maximum atomic E-state index is 13.1. The van der Waals surface area contributed by atoms with Gasteiger partial charge in [0.1, 0.15) is 29.3 Å². The Morgan fingerprint density at radius 2 is 2.00 bits per heavy atom. The highest BCUT2D eigenvalue weighted by Gasteiger charge is 2.13. The van der Waals surface area contributed by atoms with Gasteiger partial charge in [-0.1, -0.05) is 18.2 Å². The highest BCUT2D eigenvalue weighted by atomic mass is 32.2. The number of hydrogen-bond acceptors (Lipinski definition) is 7. The molecule has 1 amide bonds. The number of ether oxygens (including phenoxy) is 1. The van der Waals surface area contributed by atoms with Crippen molar-refractivity contribution < 1.29 is 27.4 Å². The minimum atomic E-state index is -3.26. The molecule has 2 aromatic carbocycles. The molecule has 3 aromatic rings. The Morgan fingerprint density at radius 3 is 2.68 bits per heavy atom. The zero-order valence-corrected chi connectivity index (χ0v) is 18.2. The number of rotatable bonds is 9. The number of nitrogens with zero attached hydrogens (tertiary/aromatic N) is 1. The number of thiazole rings is 1. The van der Waals surface area contributed by atoms with Gasteiger partial charge >= 0.3 is 0 Å². The molecule has 0 saturated carbocycles. The summed E-state index contributed by atoms with van der Waals surface area (Å²) in [6.45, 7) is -0.103. The van der Waals surface area contributed by atoms with E-state index in [1.807, 2.05) is 0 Å². The van der Waals surface area contributed by atoms with Crippen LogP contribution in [0, 0.1) is 5.82 Å². The molecular formula is C21H21FN2O5S2. The van der Waals surface area contributed by atoms with E-state index in [1.165, 1.54) is 41.7 Å². The van der Waals surface area contributed by atoms with Crippen LogP contribution in [0.3, 0.4) is 0 Å². The first-order valence-electron chi connectivity index (χ1n) is 9.29. The number of carbonyl (C=O) groups is 1. The third kappa shape index (κ3) is 6.84. The summed E-state index contributed by atoms with van der Waals surface area (Å²) in [5.41, 5.74) is 1.40. The number of nitrogens with one attached hydrogen (secondary N) is 1. The summed E-state index contributed by atoms with van der Waals surface area (Å²) in [4.78, 5) is 16.8. The monoisotopic (exact) mass is 464 g/mol. The maximum absolute atomic E-state index is 13.1. The number of carbonyl (C=O) groups excluding carboxylic acids is 1. The second-order valence-electron chi connectivity index (χ2n) is 6.83. The summed E-state index contributed by atoms with van der Waals surface area (Å²) in [6, 6.07) is 11.9. The fraction of sp³-hybridized carbons (Fsp3) is 0.238. The summed E-state index contributed by atoms with van der Waals surface area (Å²) in [7, 11) is -3.26. The van der Waals surface area contributed by atoms with Crippen LogP contribution in [0.4, 0.5) is 4.39 Å². The summed E-state index contributed by atoms with van der Waals surface area (Å²) >= 11 is 1.31. The third-order valence-electron chi connectivity index (χ3n) is 4.22. The van der Waals surface area contributed by atoms with Crippen LogP contribution in [0.25, 0.3) is 11.3 Å². The van der Waals surface area contributed by atoms with Crippen LogP contribution in [-0.2, 0) is 21.1 Å². The van der Waals surface area contributed by atoms with Crippen LogP contribution in [0.2, 0.25) is 0 Å². The lowest BCUT2D eigenvalue weighted by molar-refractivity contribution is -0.121. The first kappa shape index (κ1) is 22.9. The highest BCUT2D eigenvalue weighted by Crippen LogP contribution is 2.23. The fourth-order valence-electron chi connectivity index (χ4n) is 2.64. The van der Waals surface area contributed by atoms with E-state index in [0.29, 0.717) is 16.5 Å². The molecule has 0 spiro atoms. The molecule has 0 bridgehead atoms. The summed E-state index contributed by atoms with van der Waals surface area (Å²) in [5, 5.41) is 14.9. The van der Waals surface area contributed by atoms with Crippen LogP contribution < -0.4 is 10.1 Å². The molecule has 1 atom stereocenters. The fourth-order valence-corrected chi connectivity index (χ4v) is 4.07. The van der Waals surface area contributed by atoms with Crippen molar-refractivity contribution in [2.75, 3.05) is 19.4 Å². The third-order valence-corrected chi connectivity index (χ3v) is 6.19. The molecule has 1 unspecified atom stereocenters. The Hall–Kier alpha value is -2.82. The van der Waals surface area contributed by atoms with E-state index >= 15 is 0 Å². The topological polar surface area (TPSA) is 106 Å². The molecule has 1 heterocycles. The summed E-state index contributed by atoms with van der Waals surface area (Å²) < 4.78 is 41.5. The predicted octanol–water partition coefficient (Wildman–Crippen LogP) is 2.45. The molecule has 0 aliphatic heterocycles. The van der Waals surface area contributed by atoms with E-state index in [0.717, 1.165) is 11.8 Å². The Bertz CT molecular complexity index is 1150. The van der Waals surface area contributed by atoms with E-state index in [1.54, 1.807) is 23.6 Å². The number of halogens is 1. The van der Waals surface area contributed by atoms with Gasteiger partial charge in [-0.25, -0.2) is 17.8 Å². The van der Waals surface area contributed by atoms with Crippen molar-refractivity contribution in [2.45, 2.75) is 17.4 Å². The van der Waals surface area contributed by atoms with Crippen molar-refractivity contribution in [3.63, 3.8) is 0 Å². The van der Waals surface area contributed by atoms with Gasteiger partial charge < -0.3 is 15.2 Å². The number of aliphatic hydroxyl groups excluding tert-OH is 1. The standard InChI is InChI=1S/C21H21FN2O5S2/c1-31(27,28)18-7-5-14(6-8-18)19-13-30-21(24-19)10-20(26)23-11-16(25)12-29-17-4-2-3-15(22)9-17/h2-9,13,16,25H,10-12H2,1H3,(H,23,26). The molecule has 10 heteroatoms. The minimum Gasteiger partial charge on any atom is -0.491 e. The molecule has 0 aliphatic rings. The van der Waals surface area contributed by atoms with Crippen molar-refractivity contribution in [1.82, 2.24) is 10.3 Å². The van der Waals surface area contributed by atoms with Gasteiger partial charge in [0.2, 0.25) is 5.91 Å². The van der Waals surface area contributed by atoms with Gasteiger partial charge in [-0.15, -0.1) is 11.3 Å². The van der Waals surface area contributed by atoms with Crippen LogP contribution >= 0.6 is 11.3 Å². The predicted molar refractivity (Wildman–Crippen MR) is 115 cm³/mol. The smallest absolute Gasteiger partial charge is 0.226 e. The number of sulfone groups is 1. The van der Waals surface area contributed by atoms with E-state index in [9.17, 15) is 22.7 Å². The Labute approximate surface area is 183 Å². The molecule has 1 aromatic heterocycles. The van der Waals surface area contributed by atoms with Crippen molar-refractivity contribution >= 4 is 27.1 Å². The molecule has 0 saturated heterocycles. The molecule has 0 aliphatic carbocycles. The maximum Gasteiger partial charge on any atom is 0.226 e. The second-order valence-corrected chi connectivity index (χ2v) is 9.78. The number of amides is 1. The van der Waals surface area contributed by atoms with Gasteiger partial charge in [0.15, 0.2) is 9.84 Å². The van der Waals surface area contributed by atoms with Crippen LogP contribution in [-0.4, -0.2) is 49.9 Å². The summed E-state index contributed by atoms with van der Waals surface area (Å²) in [6.07, 6.45) is 0.239. The van der Waals surface area contributed by atoms with Gasteiger partial charge in [-0.2, -0.15) is 0 Å². The first-order valence-corrected chi connectivity index (χ1v) is 12.1. The molecule has 31 heavy (non-hydrogen) atoms. The van der Waals surface area contributed by atoms with Crippen molar-refractivity contribution in [3.05, 3.63) is 64.7 Å². The number of benzene rings is 2. The van der Waals surface area contributed by atoms with Gasteiger partial charge in [0.05, 0.1) is 17.0 Å². The van der Waals surface area contributed by atoms with Crippen LogP contribution in [0.1, 0.15) is 5.01 Å². The summed E-state index contributed by atoms with van der Waals surface area (Å²) in [5.74, 6) is -0.446. The lowest BCUT2D eigenvalue weighted by Crippen LogP contribution is -2.36. The minimum absolute atomic E-state index is 0.0145. The zero-order chi connectivity index (χ0) is 22.4. The quantitative estimate of drug-likeness (QED) is 0.504. The average molecular weight is 465 g/mol. The molecule has 0 radical (unpaired) electrons. The number of aromatic nitrogens is 1. The molecule has 2 N–H and O–H groups in total. The number of aliphatic hydroxyl groups is 1. The van der Waals surface area contributed by atoms with Crippen LogP contribution in [0.15, 0.2) is 58.8 Å². The van der Waals surface area contributed by atoms with Gasteiger partial charge in [-0.3, -0.25) is 4.79 Å². The lowest BCUT2D eigenvalue weighted by Gasteiger charge is -2.13. The van der Waals surface area contributed by atoms with E-state index in [4.69, 9.17) is 4.74 Å². The Kier molecular flexibility index (Phi) is 7.37. The highest BCUT2D eigenvalue weighted by molar-refractivity contribution is 7.90. The number of hydrogen-bond donors (Lipinski definition) is 2. The Balaban J connectivity index is 1.47. The van der Waals surface area contributed by atoms with Crippen molar-refractivity contribution in [3.8, 4) is 17.0 Å². The molecule has 3 rings (SSSR count). The van der Waals surface area contributed by atoms with E-state index < -0.39 is 21.8 Å². The van der Waals surface area contributed by atoms with Gasteiger partial charge in [0, 0.05) is 29.8 Å². The van der Waals surface area contributed by atoms with E-state index in [2.05, 4.69) is 10.3 Å². The van der Waals surface area contributed by atoms with Gasteiger partial charge in [0.25, 0.3) is 0 Å². The SMILES string of the molecule is CS(=O)(=O)c1ccc(-c2csc(CC(=O)NCC(O)COc3cccc(F)c3)n2)cc1. The normalized spacial score (nSPS) is 12.4. The average Bonchev–Trinajstić information content (AvgIpc) is 3.18. The van der Waals surface area contributed by atoms with E-state index in [-0.39, 0.29) is 30.4 Å². The largest absolute Gasteiger partial charge is 0.491 e. The molecule has 7 nitrogen and oxygen atoms in total. The van der Waals surface area contributed by atoms with Crippen molar-refractivity contribution in [1.29, 1.82) is 0 Å². The lowest BCUT2D eigenvalue weighted by atomic mass is 10.2. The van der Waals surface area contributed by atoms with Crippen LogP contribution in [0.5, 0.6) is 5.75 Å². The first-order chi connectivity index (χ1) is 14.7. The molecule has 164 valence electrons. The second kappa shape index (κ2) is 9.99. The zero-order valence-electron chi connectivity index (χ0n) is 16.6. The Morgan fingerprint density at radius 1 is 1.26 bits per heavy atom. The van der Waals surface area contributed by atoms with Gasteiger partial charge in [-0.05, 0) is 24.3 Å². The molecular weight excluding hydrogens is 443 g/mol.